The molecule has 1 rings (SSSR count). The van der Waals surface area contributed by atoms with Crippen molar-refractivity contribution >= 4 is 26.0 Å². The maximum Gasteiger partial charge on any atom is 0.240 e. The molecule has 0 amide bonds. The minimum absolute atomic E-state index is 0.300. The van der Waals surface area contributed by atoms with Crippen molar-refractivity contribution in [3.05, 3.63) is 29.8 Å². The Morgan fingerprint density at radius 1 is 1.22 bits per heavy atom. The first-order chi connectivity index (χ1) is 8.56. The summed E-state index contributed by atoms with van der Waals surface area (Å²) in [6.45, 7) is 3.51. The van der Waals surface area contributed by atoms with Crippen molar-refractivity contribution in [2.75, 3.05) is 25.1 Å². The van der Waals surface area contributed by atoms with Gasteiger partial charge < -0.3 is 4.74 Å². The molecule has 0 unspecified atom stereocenters. The van der Waals surface area contributed by atoms with Crippen molar-refractivity contribution in [2.24, 2.45) is 0 Å². The molecule has 0 atom stereocenters. The zero-order valence-corrected chi connectivity index (χ0v) is 12.8. The van der Waals surface area contributed by atoms with Crippen LogP contribution in [0.1, 0.15) is 12.0 Å². The van der Waals surface area contributed by atoms with Crippen molar-refractivity contribution in [3.63, 3.8) is 0 Å². The van der Waals surface area contributed by atoms with Crippen molar-refractivity contribution in [2.45, 2.75) is 18.2 Å². The van der Waals surface area contributed by atoms with Crippen molar-refractivity contribution in [1.29, 1.82) is 0 Å². The van der Waals surface area contributed by atoms with E-state index in [-0.39, 0.29) is 0 Å². The normalized spacial score (nSPS) is 11.7. The van der Waals surface area contributed by atoms with E-state index in [9.17, 15) is 8.42 Å². The fraction of sp³-hybridized carbons (Fsp3) is 0.500. The van der Waals surface area contributed by atoms with Gasteiger partial charge in [-0.1, -0.05) is 33.6 Å². The molecular formula is C12H18BrNO3S. The Labute approximate surface area is 117 Å². The van der Waals surface area contributed by atoms with Gasteiger partial charge in [0.05, 0.1) is 11.5 Å². The molecule has 0 aliphatic carbocycles. The van der Waals surface area contributed by atoms with Gasteiger partial charge in [0.2, 0.25) is 10.0 Å². The molecule has 18 heavy (non-hydrogen) atoms. The summed E-state index contributed by atoms with van der Waals surface area (Å²) in [6.07, 6.45) is 0.665. The zero-order chi connectivity index (χ0) is 13.4. The van der Waals surface area contributed by atoms with E-state index in [2.05, 4.69) is 20.7 Å². The lowest BCUT2D eigenvalue weighted by Gasteiger charge is -2.07. The average Bonchev–Trinajstić information content (AvgIpc) is 2.34. The Morgan fingerprint density at radius 2 is 1.89 bits per heavy atom. The van der Waals surface area contributed by atoms with Crippen LogP contribution in [0, 0.1) is 6.92 Å². The molecule has 0 aromatic heterocycles. The summed E-state index contributed by atoms with van der Waals surface area (Å²) in [7, 11) is -3.38. The molecule has 0 heterocycles. The van der Waals surface area contributed by atoms with E-state index in [0.717, 1.165) is 10.9 Å². The quantitative estimate of drug-likeness (QED) is 0.584. The Morgan fingerprint density at radius 3 is 2.50 bits per heavy atom. The highest BCUT2D eigenvalue weighted by Crippen LogP contribution is 2.09. The van der Waals surface area contributed by atoms with Crippen LogP contribution in [0.3, 0.4) is 0 Å². The topological polar surface area (TPSA) is 55.4 Å². The van der Waals surface area contributed by atoms with Gasteiger partial charge in [-0.25, -0.2) is 13.1 Å². The van der Waals surface area contributed by atoms with Crippen LogP contribution >= 0.6 is 15.9 Å². The van der Waals surface area contributed by atoms with Gasteiger partial charge >= 0.3 is 0 Å². The Bertz CT molecular complexity index is 445. The predicted octanol–water partition coefficient (Wildman–Crippen LogP) is 2.07. The van der Waals surface area contributed by atoms with E-state index in [1.807, 2.05) is 6.92 Å². The first-order valence-corrected chi connectivity index (χ1v) is 8.37. The number of alkyl halides is 1. The molecule has 0 bridgehead atoms. The first kappa shape index (κ1) is 15.6. The Hall–Kier alpha value is -0.430. The summed E-state index contributed by atoms with van der Waals surface area (Å²) in [4.78, 5) is 0.300. The summed E-state index contributed by atoms with van der Waals surface area (Å²) < 4.78 is 31.5. The molecule has 0 radical (unpaired) electrons. The lowest BCUT2D eigenvalue weighted by molar-refractivity contribution is 0.149. The molecule has 102 valence electrons. The number of nitrogens with one attached hydrogen (secondary N) is 1. The summed E-state index contributed by atoms with van der Waals surface area (Å²) in [5, 5.41) is 0.794. The van der Waals surface area contributed by atoms with E-state index >= 15 is 0 Å². The monoisotopic (exact) mass is 335 g/mol. The minimum Gasteiger partial charge on any atom is -0.381 e. The first-order valence-electron chi connectivity index (χ1n) is 5.76. The maximum atomic E-state index is 11.9. The number of sulfonamides is 1. The highest BCUT2D eigenvalue weighted by atomic mass is 79.9. The van der Waals surface area contributed by atoms with Crippen LogP contribution in [0.25, 0.3) is 0 Å². The molecule has 6 heteroatoms. The van der Waals surface area contributed by atoms with Gasteiger partial charge in [-0.2, -0.15) is 0 Å². The van der Waals surface area contributed by atoms with Gasteiger partial charge in [-0.3, -0.25) is 0 Å². The molecule has 0 aliphatic heterocycles. The van der Waals surface area contributed by atoms with Gasteiger partial charge in [0.25, 0.3) is 0 Å². The number of ether oxygens (including phenoxy) is 1. The highest BCUT2D eigenvalue weighted by molar-refractivity contribution is 9.09. The third-order valence-corrected chi connectivity index (χ3v) is 4.11. The molecular weight excluding hydrogens is 318 g/mol. The Kier molecular flexibility index (Phi) is 6.85. The number of hydrogen-bond acceptors (Lipinski definition) is 3. The third-order valence-electron chi connectivity index (χ3n) is 2.31. The summed E-state index contributed by atoms with van der Waals surface area (Å²) in [5.41, 5.74) is 1.04. The third kappa shape index (κ3) is 5.48. The van der Waals surface area contributed by atoms with Crippen LogP contribution in [0.4, 0.5) is 0 Å². The van der Waals surface area contributed by atoms with Crippen LogP contribution < -0.4 is 4.72 Å². The zero-order valence-electron chi connectivity index (χ0n) is 10.4. The summed E-state index contributed by atoms with van der Waals surface area (Å²) >= 11 is 3.25. The van der Waals surface area contributed by atoms with Crippen LogP contribution in [0.2, 0.25) is 0 Å². The van der Waals surface area contributed by atoms with Crippen molar-refractivity contribution in [1.82, 2.24) is 4.72 Å². The number of hydrogen-bond donors (Lipinski definition) is 1. The van der Waals surface area contributed by atoms with E-state index in [4.69, 9.17) is 4.74 Å². The summed E-state index contributed by atoms with van der Waals surface area (Å²) in [6, 6.07) is 6.79. The molecule has 0 aliphatic rings. The van der Waals surface area contributed by atoms with Gasteiger partial charge in [-0.05, 0) is 25.5 Å². The van der Waals surface area contributed by atoms with Crippen LogP contribution in [0.5, 0.6) is 0 Å². The van der Waals surface area contributed by atoms with E-state index < -0.39 is 10.0 Å². The molecule has 1 aromatic rings. The fourth-order valence-corrected chi connectivity index (χ4v) is 2.64. The number of aryl methyl sites for hydroxylation is 1. The predicted molar refractivity (Wildman–Crippen MR) is 75.6 cm³/mol. The number of rotatable bonds is 8. The maximum absolute atomic E-state index is 11.9. The molecule has 1 aromatic carbocycles. The highest BCUT2D eigenvalue weighted by Gasteiger charge is 2.12. The largest absolute Gasteiger partial charge is 0.381 e. The van der Waals surface area contributed by atoms with Gasteiger partial charge in [0.15, 0.2) is 0 Å². The lowest BCUT2D eigenvalue weighted by Crippen LogP contribution is -2.25. The van der Waals surface area contributed by atoms with Crippen molar-refractivity contribution < 1.29 is 13.2 Å². The second kappa shape index (κ2) is 7.89. The van der Waals surface area contributed by atoms with Crippen LogP contribution in [0.15, 0.2) is 29.2 Å². The number of benzene rings is 1. The van der Waals surface area contributed by atoms with E-state index in [0.29, 0.717) is 31.1 Å². The molecule has 0 saturated carbocycles. The molecule has 0 spiro atoms. The van der Waals surface area contributed by atoms with Gasteiger partial charge in [0.1, 0.15) is 0 Å². The molecule has 1 N–H and O–H groups in total. The second-order valence-corrected chi connectivity index (χ2v) is 6.43. The van der Waals surface area contributed by atoms with Crippen LogP contribution in [-0.2, 0) is 14.8 Å². The smallest absolute Gasteiger partial charge is 0.240 e. The van der Waals surface area contributed by atoms with E-state index in [1.165, 1.54) is 0 Å². The second-order valence-electron chi connectivity index (χ2n) is 3.87. The average molecular weight is 336 g/mol. The molecule has 0 saturated heterocycles. The fourth-order valence-electron chi connectivity index (χ4n) is 1.34. The number of halogens is 1. The van der Waals surface area contributed by atoms with Gasteiger partial charge in [0, 0.05) is 18.5 Å². The Balaban J connectivity index is 2.38. The minimum atomic E-state index is -3.38. The summed E-state index contributed by atoms with van der Waals surface area (Å²) in [5.74, 6) is 0. The lowest BCUT2D eigenvalue weighted by atomic mass is 10.2. The van der Waals surface area contributed by atoms with Gasteiger partial charge in [-0.15, -0.1) is 0 Å². The standard InChI is InChI=1S/C12H18BrNO3S/c1-11-3-5-12(6-4-11)18(15,16)14-8-2-9-17-10-7-13/h3-6,14H,2,7-10H2,1H3. The van der Waals surface area contributed by atoms with Crippen molar-refractivity contribution in [3.8, 4) is 0 Å². The molecule has 0 fully saturated rings. The molecule has 4 nitrogen and oxygen atoms in total. The SMILES string of the molecule is Cc1ccc(S(=O)(=O)NCCCOCCBr)cc1. The van der Waals surface area contributed by atoms with E-state index in [1.54, 1.807) is 24.3 Å². The van der Waals surface area contributed by atoms with Crippen LogP contribution in [-0.4, -0.2) is 33.5 Å².